The molecule has 6 rings (SSSR count). The Balaban J connectivity index is 1.07. The molecular weight excluding hydrogens is 515 g/mol. The number of aromatic hydroxyl groups is 1. The van der Waals surface area contributed by atoms with E-state index in [1.54, 1.807) is 30.3 Å². The number of ether oxygens (including phenoxy) is 2. The van der Waals surface area contributed by atoms with Gasteiger partial charge in [0.25, 0.3) is 0 Å². The van der Waals surface area contributed by atoms with Crippen LogP contribution in [0.2, 0.25) is 0 Å². The smallest absolute Gasteiger partial charge is 0.246 e. The Kier molecular flexibility index (Phi) is 7.22. The zero-order valence-electron chi connectivity index (χ0n) is 21.4. The Morgan fingerprint density at radius 1 is 1.00 bits per heavy atom. The van der Waals surface area contributed by atoms with Crippen molar-refractivity contribution in [2.24, 2.45) is 0 Å². The van der Waals surface area contributed by atoms with Crippen LogP contribution in [0.25, 0.3) is 20.5 Å². The summed E-state index contributed by atoms with van der Waals surface area (Å²) < 4.78 is 26.9. The predicted octanol–water partition coefficient (Wildman–Crippen LogP) is 6.45. The monoisotopic (exact) mass is 544 g/mol. The quantitative estimate of drug-likeness (QED) is 0.259. The molecule has 0 aliphatic carbocycles. The number of halogens is 1. The van der Waals surface area contributed by atoms with Gasteiger partial charge in [-0.05, 0) is 73.0 Å². The van der Waals surface area contributed by atoms with Crippen LogP contribution in [0.5, 0.6) is 23.0 Å². The van der Waals surface area contributed by atoms with Crippen LogP contribution in [-0.4, -0.2) is 59.6 Å². The maximum atomic E-state index is 13.5. The van der Waals surface area contributed by atoms with Crippen molar-refractivity contribution in [2.75, 3.05) is 32.7 Å². The molecule has 8 heteroatoms. The third kappa shape index (κ3) is 5.77. The third-order valence-corrected chi connectivity index (χ3v) is 8.23. The fraction of sp³-hybridized carbons (Fsp3) is 0.258. The van der Waals surface area contributed by atoms with Gasteiger partial charge in [-0.15, -0.1) is 11.3 Å². The Morgan fingerprint density at radius 3 is 2.46 bits per heavy atom. The average Bonchev–Trinajstić information content (AvgIpc) is 3.57. The normalized spacial score (nSPS) is 16.2. The van der Waals surface area contributed by atoms with Crippen LogP contribution < -0.4 is 9.47 Å². The molecule has 3 heterocycles. The van der Waals surface area contributed by atoms with Gasteiger partial charge in [0.2, 0.25) is 5.91 Å². The van der Waals surface area contributed by atoms with Gasteiger partial charge in [-0.1, -0.05) is 18.2 Å². The number of amides is 1. The van der Waals surface area contributed by atoms with Crippen LogP contribution in [0.3, 0.4) is 0 Å². The molecular formula is C31H29FN2O4S. The molecule has 0 radical (unpaired) electrons. The minimum absolute atomic E-state index is 0.109. The Labute approximate surface area is 230 Å². The van der Waals surface area contributed by atoms with E-state index in [0.717, 1.165) is 71.8 Å². The fourth-order valence-corrected chi connectivity index (χ4v) is 6.11. The number of hydrogen-bond donors (Lipinski definition) is 1. The van der Waals surface area contributed by atoms with E-state index in [2.05, 4.69) is 4.90 Å². The topological polar surface area (TPSA) is 62.2 Å². The van der Waals surface area contributed by atoms with E-state index in [1.807, 2.05) is 41.3 Å². The SMILES string of the molecule is O=C(/C=C/CN1CC(Oc2ccc(Oc3c(-c4ccc(F)cc4)sc4cc(O)ccc34)cc2)C1)N1CCCC1. The van der Waals surface area contributed by atoms with E-state index in [4.69, 9.17) is 9.47 Å². The first-order valence-electron chi connectivity index (χ1n) is 13.2. The molecule has 0 unspecified atom stereocenters. The number of rotatable bonds is 8. The van der Waals surface area contributed by atoms with Crippen LogP contribution in [-0.2, 0) is 4.79 Å². The van der Waals surface area contributed by atoms with Crippen LogP contribution in [0.15, 0.2) is 78.9 Å². The number of carbonyl (C=O) groups is 1. The average molecular weight is 545 g/mol. The van der Waals surface area contributed by atoms with E-state index >= 15 is 0 Å². The summed E-state index contributed by atoms with van der Waals surface area (Å²) in [5.74, 6) is 2.09. The van der Waals surface area contributed by atoms with Gasteiger partial charge in [0, 0.05) is 48.9 Å². The molecule has 3 aromatic carbocycles. The first-order valence-corrected chi connectivity index (χ1v) is 14.0. The fourth-order valence-electron chi connectivity index (χ4n) is 4.94. The lowest BCUT2D eigenvalue weighted by Gasteiger charge is -2.38. The van der Waals surface area contributed by atoms with Crippen molar-refractivity contribution in [3.63, 3.8) is 0 Å². The van der Waals surface area contributed by atoms with E-state index in [-0.39, 0.29) is 23.6 Å². The molecule has 1 N–H and O–H groups in total. The number of phenols is 1. The van der Waals surface area contributed by atoms with Gasteiger partial charge in [0.15, 0.2) is 5.75 Å². The number of phenolic OH excluding ortho intramolecular Hbond substituents is 1. The highest BCUT2D eigenvalue weighted by Gasteiger charge is 2.27. The number of benzene rings is 3. The minimum atomic E-state index is -0.297. The summed E-state index contributed by atoms with van der Waals surface area (Å²) in [6, 6.07) is 19.0. The largest absolute Gasteiger partial charge is 0.508 e. The second-order valence-electron chi connectivity index (χ2n) is 9.91. The number of thiophene rings is 1. The van der Waals surface area contributed by atoms with Gasteiger partial charge in [-0.2, -0.15) is 0 Å². The first-order chi connectivity index (χ1) is 19.0. The van der Waals surface area contributed by atoms with E-state index in [9.17, 15) is 14.3 Å². The lowest BCUT2D eigenvalue weighted by molar-refractivity contribution is -0.125. The molecule has 6 nitrogen and oxygen atoms in total. The minimum Gasteiger partial charge on any atom is -0.508 e. The number of likely N-dealkylation sites (tertiary alicyclic amines) is 2. The van der Waals surface area contributed by atoms with Crippen molar-refractivity contribution < 1.29 is 23.8 Å². The maximum Gasteiger partial charge on any atom is 0.246 e. The number of nitrogens with zero attached hydrogens (tertiary/aromatic N) is 2. The summed E-state index contributed by atoms with van der Waals surface area (Å²) >= 11 is 1.49. The Hall–Kier alpha value is -3.88. The zero-order chi connectivity index (χ0) is 26.8. The number of fused-ring (bicyclic) bond motifs is 1. The van der Waals surface area contributed by atoms with Crippen molar-refractivity contribution in [3.8, 4) is 33.4 Å². The van der Waals surface area contributed by atoms with E-state index in [1.165, 1.54) is 23.5 Å². The molecule has 200 valence electrons. The van der Waals surface area contributed by atoms with Gasteiger partial charge in [-0.25, -0.2) is 4.39 Å². The first kappa shape index (κ1) is 25.4. The summed E-state index contributed by atoms with van der Waals surface area (Å²) in [6.45, 7) is 4.12. The van der Waals surface area contributed by atoms with Gasteiger partial charge in [0.05, 0.1) is 4.88 Å². The summed E-state index contributed by atoms with van der Waals surface area (Å²) in [7, 11) is 0. The Morgan fingerprint density at radius 2 is 1.72 bits per heavy atom. The van der Waals surface area contributed by atoms with Crippen LogP contribution in [0, 0.1) is 5.82 Å². The Bertz CT molecular complexity index is 1490. The van der Waals surface area contributed by atoms with Gasteiger partial charge in [0.1, 0.15) is 29.2 Å². The highest BCUT2D eigenvalue weighted by molar-refractivity contribution is 7.22. The molecule has 2 aliphatic heterocycles. The molecule has 2 aliphatic rings. The highest BCUT2D eigenvalue weighted by Crippen LogP contribution is 2.47. The summed E-state index contributed by atoms with van der Waals surface area (Å²) in [5, 5.41) is 10.8. The summed E-state index contributed by atoms with van der Waals surface area (Å²) in [6.07, 6.45) is 5.95. The van der Waals surface area contributed by atoms with Gasteiger partial charge < -0.3 is 19.5 Å². The molecule has 4 aromatic rings. The molecule has 2 saturated heterocycles. The van der Waals surface area contributed by atoms with Crippen LogP contribution in [0.1, 0.15) is 12.8 Å². The molecule has 39 heavy (non-hydrogen) atoms. The molecule has 2 fully saturated rings. The molecule has 1 aromatic heterocycles. The maximum absolute atomic E-state index is 13.5. The van der Waals surface area contributed by atoms with E-state index < -0.39 is 0 Å². The molecule has 0 bridgehead atoms. The van der Waals surface area contributed by atoms with Crippen LogP contribution in [0.4, 0.5) is 4.39 Å². The second-order valence-corrected chi connectivity index (χ2v) is 11.0. The molecule has 1 amide bonds. The summed E-state index contributed by atoms with van der Waals surface area (Å²) in [5.41, 5.74) is 0.844. The van der Waals surface area contributed by atoms with Crippen molar-refractivity contribution in [3.05, 3.63) is 84.7 Å². The molecule has 0 saturated carbocycles. The predicted molar refractivity (Wildman–Crippen MR) is 151 cm³/mol. The van der Waals surface area contributed by atoms with Gasteiger partial charge >= 0.3 is 0 Å². The van der Waals surface area contributed by atoms with Crippen molar-refractivity contribution in [2.45, 2.75) is 18.9 Å². The van der Waals surface area contributed by atoms with Crippen molar-refractivity contribution in [1.29, 1.82) is 0 Å². The molecule has 0 spiro atoms. The van der Waals surface area contributed by atoms with Crippen molar-refractivity contribution >= 4 is 27.3 Å². The van der Waals surface area contributed by atoms with Crippen molar-refractivity contribution in [1.82, 2.24) is 9.80 Å². The lowest BCUT2D eigenvalue weighted by atomic mass is 10.1. The highest BCUT2D eigenvalue weighted by atomic mass is 32.1. The number of hydrogen-bond acceptors (Lipinski definition) is 6. The zero-order valence-corrected chi connectivity index (χ0v) is 22.2. The molecule has 0 atom stereocenters. The summed E-state index contributed by atoms with van der Waals surface area (Å²) in [4.78, 5) is 17.1. The third-order valence-electron chi connectivity index (χ3n) is 7.05. The lowest BCUT2D eigenvalue weighted by Crippen LogP contribution is -2.53. The van der Waals surface area contributed by atoms with Gasteiger partial charge in [-0.3, -0.25) is 9.69 Å². The van der Waals surface area contributed by atoms with Crippen LogP contribution >= 0.6 is 11.3 Å². The standard InChI is InChI=1S/C31H29FN2O4S/c32-22-7-5-21(6-8-22)31-30(27-14-9-23(35)18-28(27)39-31)38-25-12-10-24(11-13-25)37-26-19-33(20-26)15-3-4-29(36)34-16-1-2-17-34/h3-14,18,26,35H,1-2,15-17,19-20H2/b4-3+. The van der Waals surface area contributed by atoms with E-state index in [0.29, 0.717) is 11.5 Å². The number of carbonyl (C=O) groups excluding carboxylic acids is 1. The second kappa shape index (κ2) is 11.1.